The van der Waals surface area contributed by atoms with E-state index in [2.05, 4.69) is 15.3 Å². The number of halogens is 1. The Labute approximate surface area is 139 Å². The van der Waals surface area contributed by atoms with Crippen LogP contribution in [-0.4, -0.2) is 42.1 Å². The second-order valence-electron chi connectivity index (χ2n) is 7.13. The molecule has 3 aliphatic rings. The van der Waals surface area contributed by atoms with Gasteiger partial charge in [0.25, 0.3) is 0 Å². The summed E-state index contributed by atoms with van der Waals surface area (Å²) < 4.78 is 26.4. The first-order chi connectivity index (χ1) is 11.8. The monoisotopic (exact) mass is 331 g/mol. The molecule has 24 heavy (non-hydrogen) atoms. The van der Waals surface area contributed by atoms with Crippen LogP contribution in [0.25, 0.3) is 11.0 Å². The SMILES string of the molecule is Fc1cnc2[nH]c3c(c2c1C1CCNCC1)CCC1(C3)OCCO1. The van der Waals surface area contributed by atoms with Crippen molar-refractivity contribution in [2.75, 3.05) is 26.3 Å². The zero-order valence-corrected chi connectivity index (χ0v) is 13.7. The molecule has 6 heteroatoms. The van der Waals surface area contributed by atoms with Crippen molar-refractivity contribution < 1.29 is 13.9 Å². The quantitative estimate of drug-likeness (QED) is 0.842. The van der Waals surface area contributed by atoms with Crippen molar-refractivity contribution in [3.63, 3.8) is 0 Å². The van der Waals surface area contributed by atoms with E-state index in [1.807, 2.05) is 0 Å². The van der Waals surface area contributed by atoms with Gasteiger partial charge in [-0.25, -0.2) is 9.37 Å². The van der Waals surface area contributed by atoms with Gasteiger partial charge in [0.05, 0.1) is 19.4 Å². The molecule has 2 fully saturated rings. The Morgan fingerprint density at radius 3 is 2.79 bits per heavy atom. The average molecular weight is 331 g/mol. The molecule has 2 aliphatic heterocycles. The Morgan fingerprint density at radius 1 is 1.21 bits per heavy atom. The van der Waals surface area contributed by atoms with Crippen molar-refractivity contribution >= 4 is 11.0 Å². The van der Waals surface area contributed by atoms with Gasteiger partial charge in [0.2, 0.25) is 0 Å². The van der Waals surface area contributed by atoms with E-state index in [0.717, 1.165) is 61.1 Å². The van der Waals surface area contributed by atoms with Gasteiger partial charge in [0.15, 0.2) is 5.79 Å². The molecule has 0 bridgehead atoms. The van der Waals surface area contributed by atoms with Crippen molar-refractivity contribution in [3.8, 4) is 0 Å². The molecular formula is C18H22FN3O2. The maximum absolute atomic E-state index is 14.7. The standard InChI is InChI=1S/C18H22FN3O2/c19-13-10-21-17-16(15(13)11-2-5-20-6-3-11)12-1-4-18(9-14(12)22-17)23-7-8-24-18/h10-11,20H,1-9H2,(H,21,22). The van der Waals surface area contributed by atoms with Crippen LogP contribution in [0, 0.1) is 5.82 Å². The number of nitrogens with one attached hydrogen (secondary N) is 2. The fourth-order valence-electron chi connectivity index (χ4n) is 4.62. The summed E-state index contributed by atoms with van der Waals surface area (Å²) in [7, 11) is 0. The highest BCUT2D eigenvalue weighted by Gasteiger charge is 2.41. The van der Waals surface area contributed by atoms with E-state index in [9.17, 15) is 4.39 Å². The molecule has 4 heterocycles. The number of pyridine rings is 1. The molecule has 0 saturated carbocycles. The van der Waals surface area contributed by atoms with Gasteiger partial charge in [-0.15, -0.1) is 0 Å². The third-order valence-corrected chi connectivity index (χ3v) is 5.77. The fourth-order valence-corrected chi connectivity index (χ4v) is 4.62. The minimum absolute atomic E-state index is 0.162. The van der Waals surface area contributed by atoms with E-state index < -0.39 is 5.79 Å². The second kappa shape index (κ2) is 5.51. The molecule has 2 aromatic heterocycles. The normalized spacial score (nSPS) is 23.9. The third-order valence-electron chi connectivity index (χ3n) is 5.77. The molecule has 2 aromatic rings. The number of hydrogen-bond acceptors (Lipinski definition) is 4. The number of rotatable bonds is 1. The van der Waals surface area contributed by atoms with Gasteiger partial charge >= 0.3 is 0 Å². The Hall–Kier alpha value is -1.50. The lowest BCUT2D eigenvalue weighted by molar-refractivity contribution is -0.164. The summed E-state index contributed by atoms with van der Waals surface area (Å²) in [5, 5.41) is 4.38. The van der Waals surface area contributed by atoms with E-state index in [-0.39, 0.29) is 11.7 Å². The number of H-pyrrole nitrogens is 1. The summed E-state index contributed by atoms with van der Waals surface area (Å²) in [6, 6.07) is 0. The highest BCUT2D eigenvalue weighted by Crippen LogP contribution is 2.41. The number of fused-ring (bicyclic) bond motifs is 3. The zero-order valence-electron chi connectivity index (χ0n) is 13.7. The first-order valence-corrected chi connectivity index (χ1v) is 8.92. The molecule has 2 saturated heterocycles. The fraction of sp³-hybridized carbons (Fsp3) is 0.611. The molecule has 5 nitrogen and oxygen atoms in total. The number of ether oxygens (including phenoxy) is 2. The summed E-state index contributed by atoms with van der Waals surface area (Å²) in [6.07, 6.45) is 5.71. The van der Waals surface area contributed by atoms with Gasteiger partial charge in [-0.05, 0) is 43.8 Å². The lowest BCUT2D eigenvalue weighted by Gasteiger charge is -2.31. The van der Waals surface area contributed by atoms with E-state index in [1.165, 1.54) is 11.8 Å². The van der Waals surface area contributed by atoms with Crippen molar-refractivity contribution in [2.45, 2.75) is 43.8 Å². The van der Waals surface area contributed by atoms with Crippen LogP contribution < -0.4 is 5.32 Å². The number of aromatic nitrogens is 2. The summed E-state index contributed by atoms with van der Waals surface area (Å²) in [5.74, 6) is -0.377. The predicted molar refractivity (Wildman–Crippen MR) is 87.6 cm³/mol. The Kier molecular flexibility index (Phi) is 3.40. The topological polar surface area (TPSA) is 59.2 Å². The van der Waals surface area contributed by atoms with Crippen LogP contribution >= 0.6 is 0 Å². The molecule has 2 N–H and O–H groups in total. The maximum atomic E-state index is 14.7. The molecule has 1 spiro atoms. The minimum Gasteiger partial charge on any atom is -0.347 e. The predicted octanol–water partition coefficient (Wildman–Crippen LogP) is 2.40. The molecule has 0 amide bonds. The van der Waals surface area contributed by atoms with Gasteiger partial charge in [0, 0.05) is 29.5 Å². The van der Waals surface area contributed by atoms with Gasteiger partial charge in [-0.1, -0.05) is 0 Å². The van der Waals surface area contributed by atoms with Crippen LogP contribution in [0.5, 0.6) is 0 Å². The van der Waals surface area contributed by atoms with Crippen LogP contribution in [0.15, 0.2) is 6.20 Å². The highest BCUT2D eigenvalue weighted by atomic mass is 19.1. The van der Waals surface area contributed by atoms with Crippen LogP contribution in [-0.2, 0) is 22.3 Å². The van der Waals surface area contributed by atoms with Crippen molar-refractivity contribution in [1.29, 1.82) is 0 Å². The Bertz CT molecular complexity index is 776. The minimum atomic E-state index is -0.485. The third kappa shape index (κ3) is 2.20. The number of nitrogens with zero attached hydrogens (tertiary/aromatic N) is 1. The largest absolute Gasteiger partial charge is 0.347 e. The molecule has 0 radical (unpaired) electrons. The molecule has 128 valence electrons. The molecule has 1 aliphatic carbocycles. The van der Waals surface area contributed by atoms with Gasteiger partial charge < -0.3 is 19.8 Å². The van der Waals surface area contributed by atoms with Crippen LogP contribution in [0.3, 0.4) is 0 Å². The van der Waals surface area contributed by atoms with Gasteiger partial charge in [-0.3, -0.25) is 0 Å². The van der Waals surface area contributed by atoms with Crippen LogP contribution in [0.4, 0.5) is 4.39 Å². The van der Waals surface area contributed by atoms with E-state index >= 15 is 0 Å². The van der Waals surface area contributed by atoms with Crippen LogP contribution in [0.1, 0.15) is 42.0 Å². The lowest BCUT2D eigenvalue weighted by atomic mass is 9.84. The number of aryl methyl sites for hydroxylation is 1. The molecule has 5 rings (SSSR count). The zero-order chi connectivity index (χ0) is 16.1. The van der Waals surface area contributed by atoms with Crippen molar-refractivity contribution in [3.05, 3.63) is 28.8 Å². The summed E-state index contributed by atoms with van der Waals surface area (Å²) in [6.45, 7) is 3.21. The van der Waals surface area contributed by atoms with Gasteiger partial charge in [-0.2, -0.15) is 0 Å². The molecule has 0 atom stereocenters. The highest BCUT2D eigenvalue weighted by molar-refractivity contribution is 5.86. The number of hydrogen-bond donors (Lipinski definition) is 2. The summed E-state index contributed by atoms with van der Waals surface area (Å²) in [4.78, 5) is 7.75. The second-order valence-corrected chi connectivity index (χ2v) is 7.13. The van der Waals surface area contributed by atoms with Gasteiger partial charge in [0.1, 0.15) is 11.5 Å². The van der Waals surface area contributed by atoms with E-state index in [1.54, 1.807) is 0 Å². The molecule has 0 aromatic carbocycles. The van der Waals surface area contributed by atoms with Crippen molar-refractivity contribution in [2.24, 2.45) is 0 Å². The maximum Gasteiger partial charge on any atom is 0.174 e. The average Bonchev–Trinajstić information content (AvgIpc) is 3.20. The number of aromatic amines is 1. The van der Waals surface area contributed by atoms with E-state index in [0.29, 0.717) is 19.6 Å². The summed E-state index contributed by atoms with van der Waals surface area (Å²) in [5.41, 5.74) is 4.00. The Balaban J connectivity index is 1.63. The summed E-state index contributed by atoms with van der Waals surface area (Å²) >= 11 is 0. The first-order valence-electron chi connectivity index (χ1n) is 8.92. The number of piperidine rings is 1. The van der Waals surface area contributed by atoms with E-state index in [4.69, 9.17) is 9.47 Å². The lowest BCUT2D eigenvalue weighted by Crippen LogP contribution is -2.36. The molecular weight excluding hydrogens is 309 g/mol. The first kappa shape index (κ1) is 14.8. The smallest absolute Gasteiger partial charge is 0.174 e. The van der Waals surface area contributed by atoms with Crippen LogP contribution in [0.2, 0.25) is 0 Å². The van der Waals surface area contributed by atoms with Crippen molar-refractivity contribution in [1.82, 2.24) is 15.3 Å². The Morgan fingerprint density at radius 2 is 2.00 bits per heavy atom. The molecule has 0 unspecified atom stereocenters.